The van der Waals surface area contributed by atoms with E-state index in [-0.39, 0.29) is 17.7 Å². The summed E-state index contributed by atoms with van der Waals surface area (Å²) in [6, 6.07) is -0.263. The van der Waals surface area contributed by atoms with Crippen LogP contribution in [0.1, 0.15) is 47.0 Å². The molecular weight excluding hydrogens is 236 g/mol. The Balaban J connectivity index is 4.61. The zero-order chi connectivity index (χ0) is 13.5. The van der Waals surface area contributed by atoms with E-state index in [0.717, 1.165) is 19.3 Å². The van der Waals surface area contributed by atoms with E-state index in [1.54, 1.807) is 4.31 Å². The molecule has 0 spiro atoms. The van der Waals surface area contributed by atoms with E-state index in [1.165, 1.54) is 0 Å². The molecule has 2 atom stereocenters. The highest BCUT2D eigenvalue weighted by molar-refractivity contribution is 7.89. The minimum Gasteiger partial charge on any atom is -0.326 e. The minimum atomic E-state index is -3.19. The van der Waals surface area contributed by atoms with E-state index in [4.69, 9.17) is 5.73 Å². The van der Waals surface area contributed by atoms with E-state index >= 15 is 0 Å². The van der Waals surface area contributed by atoms with Crippen LogP contribution in [0.2, 0.25) is 0 Å². The van der Waals surface area contributed by atoms with Gasteiger partial charge >= 0.3 is 0 Å². The van der Waals surface area contributed by atoms with E-state index < -0.39 is 10.0 Å². The van der Waals surface area contributed by atoms with E-state index in [9.17, 15) is 8.42 Å². The quantitative estimate of drug-likeness (QED) is 0.691. The van der Waals surface area contributed by atoms with Gasteiger partial charge in [0.2, 0.25) is 10.0 Å². The van der Waals surface area contributed by atoms with Crippen LogP contribution in [0.3, 0.4) is 0 Å². The van der Waals surface area contributed by atoms with Crippen molar-refractivity contribution < 1.29 is 8.42 Å². The largest absolute Gasteiger partial charge is 0.326 e. The Labute approximate surface area is 107 Å². The number of nitrogens with two attached hydrogens (primary N) is 1. The van der Waals surface area contributed by atoms with Crippen molar-refractivity contribution in [3.8, 4) is 0 Å². The highest BCUT2D eigenvalue weighted by Gasteiger charge is 2.25. The van der Waals surface area contributed by atoms with E-state index in [1.807, 2.05) is 27.7 Å². The molecule has 0 radical (unpaired) electrons. The van der Waals surface area contributed by atoms with Gasteiger partial charge < -0.3 is 5.73 Å². The SMILES string of the molecule is CCCN(CCC)S(=O)(=O)CC(N)C(C)CC. The zero-order valence-corrected chi connectivity index (χ0v) is 12.5. The lowest BCUT2D eigenvalue weighted by molar-refractivity contribution is 0.397. The van der Waals surface area contributed by atoms with Crippen LogP contribution in [0, 0.1) is 5.92 Å². The monoisotopic (exact) mass is 264 g/mol. The van der Waals surface area contributed by atoms with Crippen molar-refractivity contribution in [3.63, 3.8) is 0 Å². The van der Waals surface area contributed by atoms with Crippen LogP contribution >= 0.6 is 0 Å². The molecule has 0 fully saturated rings. The molecule has 0 heterocycles. The van der Waals surface area contributed by atoms with Gasteiger partial charge in [-0.05, 0) is 18.8 Å². The molecule has 0 aliphatic heterocycles. The molecule has 0 saturated heterocycles. The third-order valence-electron chi connectivity index (χ3n) is 3.12. The predicted octanol–water partition coefficient (Wildman–Crippen LogP) is 1.81. The average Bonchev–Trinajstić information content (AvgIpc) is 2.27. The summed E-state index contributed by atoms with van der Waals surface area (Å²) in [6.45, 7) is 9.23. The minimum absolute atomic E-state index is 0.0714. The van der Waals surface area contributed by atoms with Crippen molar-refractivity contribution in [3.05, 3.63) is 0 Å². The first-order valence-electron chi connectivity index (χ1n) is 6.62. The van der Waals surface area contributed by atoms with Gasteiger partial charge in [-0.1, -0.05) is 34.1 Å². The van der Waals surface area contributed by atoms with Crippen molar-refractivity contribution in [1.82, 2.24) is 4.31 Å². The Hall–Kier alpha value is -0.130. The Morgan fingerprint density at radius 2 is 1.59 bits per heavy atom. The Morgan fingerprint density at radius 1 is 1.12 bits per heavy atom. The molecule has 0 saturated carbocycles. The fraction of sp³-hybridized carbons (Fsp3) is 1.00. The maximum Gasteiger partial charge on any atom is 0.215 e. The van der Waals surface area contributed by atoms with Crippen LogP contribution in [-0.4, -0.2) is 37.6 Å². The highest BCUT2D eigenvalue weighted by Crippen LogP contribution is 2.11. The predicted molar refractivity (Wildman–Crippen MR) is 73.4 cm³/mol. The Bertz CT molecular complexity index is 285. The second-order valence-corrected chi connectivity index (χ2v) is 6.74. The first kappa shape index (κ1) is 16.9. The fourth-order valence-electron chi connectivity index (χ4n) is 1.70. The molecule has 0 bridgehead atoms. The summed E-state index contributed by atoms with van der Waals surface area (Å²) >= 11 is 0. The second kappa shape index (κ2) is 8.06. The lowest BCUT2D eigenvalue weighted by Crippen LogP contribution is -2.43. The second-order valence-electron chi connectivity index (χ2n) is 4.73. The van der Waals surface area contributed by atoms with E-state index in [2.05, 4.69) is 0 Å². The van der Waals surface area contributed by atoms with Crippen molar-refractivity contribution in [1.29, 1.82) is 0 Å². The molecule has 4 nitrogen and oxygen atoms in total. The average molecular weight is 264 g/mol. The molecule has 0 aliphatic rings. The van der Waals surface area contributed by atoms with Crippen molar-refractivity contribution >= 4 is 10.0 Å². The fourth-order valence-corrected chi connectivity index (χ4v) is 3.65. The first-order valence-corrected chi connectivity index (χ1v) is 8.23. The number of rotatable bonds is 9. The topological polar surface area (TPSA) is 63.4 Å². The summed E-state index contributed by atoms with van der Waals surface area (Å²) in [5.74, 6) is 0.317. The van der Waals surface area contributed by atoms with Gasteiger partial charge in [-0.2, -0.15) is 0 Å². The third-order valence-corrected chi connectivity index (χ3v) is 5.08. The van der Waals surface area contributed by atoms with Crippen molar-refractivity contribution in [2.75, 3.05) is 18.8 Å². The Kier molecular flexibility index (Phi) is 8.00. The standard InChI is InChI=1S/C12H28N2O2S/c1-5-8-14(9-6-2)17(15,16)10-12(13)11(4)7-3/h11-12H,5-10,13H2,1-4H3. The van der Waals surface area contributed by atoms with Gasteiger partial charge in [0.1, 0.15) is 0 Å². The van der Waals surface area contributed by atoms with Gasteiger partial charge in [-0.25, -0.2) is 12.7 Å². The lowest BCUT2D eigenvalue weighted by Gasteiger charge is -2.25. The number of sulfonamides is 1. The summed E-state index contributed by atoms with van der Waals surface area (Å²) in [5.41, 5.74) is 5.94. The van der Waals surface area contributed by atoms with Crippen LogP contribution in [0.4, 0.5) is 0 Å². The van der Waals surface area contributed by atoms with Crippen LogP contribution in [0.15, 0.2) is 0 Å². The van der Waals surface area contributed by atoms with Crippen molar-refractivity contribution in [2.45, 2.75) is 53.0 Å². The summed E-state index contributed by atoms with van der Waals surface area (Å²) in [4.78, 5) is 0. The maximum absolute atomic E-state index is 12.2. The number of hydrogen-bond acceptors (Lipinski definition) is 3. The first-order chi connectivity index (χ1) is 7.88. The summed E-state index contributed by atoms with van der Waals surface area (Å²) in [6.07, 6.45) is 2.61. The number of nitrogens with zero attached hydrogens (tertiary/aromatic N) is 1. The molecule has 104 valence electrons. The van der Waals surface area contributed by atoms with E-state index in [0.29, 0.717) is 13.1 Å². The molecule has 0 aromatic heterocycles. The van der Waals surface area contributed by atoms with Crippen LogP contribution in [0.5, 0.6) is 0 Å². The highest BCUT2D eigenvalue weighted by atomic mass is 32.2. The molecule has 2 N–H and O–H groups in total. The zero-order valence-electron chi connectivity index (χ0n) is 11.6. The molecular formula is C12H28N2O2S. The number of hydrogen-bond donors (Lipinski definition) is 1. The van der Waals surface area contributed by atoms with Crippen LogP contribution in [-0.2, 0) is 10.0 Å². The van der Waals surface area contributed by atoms with Gasteiger partial charge in [-0.15, -0.1) is 0 Å². The molecule has 0 amide bonds. The smallest absolute Gasteiger partial charge is 0.215 e. The van der Waals surface area contributed by atoms with Gasteiger partial charge in [-0.3, -0.25) is 0 Å². The summed E-state index contributed by atoms with van der Waals surface area (Å²) in [7, 11) is -3.19. The normalized spacial score (nSPS) is 16.1. The summed E-state index contributed by atoms with van der Waals surface area (Å²) < 4.78 is 26.0. The third kappa shape index (κ3) is 5.84. The molecule has 5 heteroatoms. The van der Waals surface area contributed by atoms with Gasteiger partial charge in [0.05, 0.1) is 5.75 Å². The molecule has 0 aromatic carbocycles. The molecule has 17 heavy (non-hydrogen) atoms. The van der Waals surface area contributed by atoms with Crippen LogP contribution < -0.4 is 5.73 Å². The van der Waals surface area contributed by atoms with Crippen LogP contribution in [0.25, 0.3) is 0 Å². The lowest BCUT2D eigenvalue weighted by atomic mass is 10.0. The van der Waals surface area contributed by atoms with Crippen molar-refractivity contribution in [2.24, 2.45) is 11.7 Å². The molecule has 0 aliphatic carbocycles. The molecule has 0 rings (SSSR count). The van der Waals surface area contributed by atoms with Gasteiger partial charge in [0.15, 0.2) is 0 Å². The maximum atomic E-state index is 12.2. The molecule has 2 unspecified atom stereocenters. The van der Waals surface area contributed by atoms with Gasteiger partial charge in [0, 0.05) is 19.1 Å². The molecule has 0 aromatic rings. The Morgan fingerprint density at radius 3 is 1.94 bits per heavy atom. The van der Waals surface area contributed by atoms with Gasteiger partial charge in [0.25, 0.3) is 0 Å². The summed E-state index contributed by atoms with van der Waals surface area (Å²) in [5, 5.41) is 0.